The molecule has 0 aromatic rings. The number of aliphatic hydroxyl groups excluding tert-OH is 1. The van der Waals surface area contributed by atoms with E-state index in [0.717, 1.165) is 7.11 Å². The van der Waals surface area contributed by atoms with E-state index in [1.54, 1.807) is 0 Å². The van der Waals surface area contributed by atoms with E-state index in [2.05, 4.69) is 0 Å². The predicted molar refractivity (Wildman–Crippen MR) is 19.7 cm³/mol. The Morgan fingerprint density at radius 3 is 1.57 bits per heavy atom. The first kappa shape index (κ1) is 15.7. The Labute approximate surface area is 66.3 Å². The van der Waals surface area contributed by atoms with Gasteiger partial charge in [0.25, 0.3) is 0 Å². The Kier molecular flexibility index (Phi) is 35.3. The Balaban J connectivity index is -0.0000000480. The molecule has 0 aliphatic rings. The molecule has 0 heterocycles. The maximum absolute atomic E-state index is 8.56. The van der Waals surface area contributed by atoms with Crippen LogP contribution in [0.4, 0.5) is 0 Å². The second-order valence-electron chi connectivity index (χ2n) is 0.217. The standard InChI is InChI=1S/CH4O.Na.H2O3S/c1-2;;1-4(2)3/h2H,1H3;;(H2,1,2,3)/q;+1;/p-1. The minimum Gasteiger partial charge on any atom is -0.750 e. The summed E-state index contributed by atoms with van der Waals surface area (Å²) in [6, 6.07) is 0. The number of rotatable bonds is 0. The summed E-state index contributed by atoms with van der Waals surface area (Å²) in [5, 5.41) is 7.00. The fraction of sp³-hybridized carbons (Fsp3) is 1.00. The molecule has 0 aromatic heterocycles. The zero-order chi connectivity index (χ0) is 5.58. The predicted octanol–water partition coefficient (Wildman–Crippen LogP) is -4.05. The van der Waals surface area contributed by atoms with Crippen molar-refractivity contribution in [1.82, 2.24) is 0 Å². The van der Waals surface area contributed by atoms with E-state index in [9.17, 15) is 0 Å². The van der Waals surface area contributed by atoms with Gasteiger partial charge in [-0.3, -0.25) is 0 Å². The van der Waals surface area contributed by atoms with Gasteiger partial charge in [-0.1, -0.05) is 0 Å². The Hall–Kier alpha value is 1.03. The van der Waals surface area contributed by atoms with Crippen molar-refractivity contribution in [2.24, 2.45) is 0 Å². The Morgan fingerprint density at radius 2 is 1.57 bits per heavy atom. The monoisotopic (exact) mass is 136 g/mol. The summed E-state index contributed by atoms with van der Waals surface area (Å²) in [7, 11) is 1.00. The molecule has 0 fully saturated rings. The average Bonchev–Trinajstić information content (AvgIpc) is 1.41. The van der Waals surface area contributed by atoms with Crippen molar-refractivity contribution in [3.05, 3.63) is 0 Å². The van der Waals surface area contributed by atoms with Gasteiger partial charge in [-0.2, -0.15) is 0 Å². The van der Waals surface area contributed by atoms with Crippen molar-refractivity contribution in [3.63, 3.8) is 0 Å². The van der Waals surface area contributed by atoms with Crippen molar-refractivity contribution in [2.75, 3.05) is 7.11 Å². The van der Waals surface area contributed by atoms with E-state index in [1.165, 1.54) is 0 Å². The Bertz CT molecular complexity index is 34.7. The van der Waals surface area contributed by atoms with E-state index >= 15 is 0 Å². The van der Waals surface area contributed by atoms with Crippen molar-refractivity contribution >= 4 is 11.4 Å². The number of hydrogen-bond acceptors (Lipinski definition) is 3. The van der Waals surface area contributed by atoms with Crippen LogP contribution in [-0.2, 0) is 11.4 Å². The molecule has 0 rings (SSSR count). The molecular formula is CH5NaO4S. The van der Waals surface area contributed by atoms with Crippen LogP contribution in [0.15, 0.2) is 0 Å². The molecule has 0 aromatic carbocycles. The van der Waals surface area contributed by atoms with Crippen LogP contribution in [0.1, 0.15) is 0 Å². The maximum Gasteiger partial charge on any atom is 1.00 e. The van der Waals surface area contributed by atoms with Crippen LogP contribution in [0, 0.1) is 0 Å². The van der Waals surface area contributed by atoms with Gasteiger partial charge < -0.3 is 14.2 Å². The van der Waals surface area contributed by atoms with Crippen LogP contribution in [0.3, 0.4) is 0 Å². The van der Waals surface area contributed by atoms with Gasteiger partial charge in [0.05, 0.1) is 11.4 Å². The molecule has 0 radical (unpaired) electrons. The fourth-order valence-electron chi connectivity index (χ4n) is 0. The molecule has 0 aliphatic heterocycles. The van der Waals surface area contributed by atoms with Crippen LogP contribution in [0.2, 0.25) is 0 Å². The van der Waals surface area contributed by atoms with Crippen molar-refractivity contribution in [3.8, 4) is 0 Å². The summed E-state index contributed by atoms with van der Waals surface area (Å²) in [5.74, 6) is 0. The van der Waals surface area contributed by atoms with Crippen LogP contribution in [0.5, 0.6) is 0 Å². The van der Waals surface area contributed by atoms with Crippen LogP contribution in [-0.4, -0.2) is 25.5 Å². The second kappa shape index (κ2) is 15.7. The summed E-state index contributed by atoms with van der Waals surface area (Å²) < 4.78 is 24.1. The molecule has 1 atom stereocenters. The molecule has 7 heavy (non-hydrogen) atoms. The van der Waals surface area contributed by atoms with Crippen LogP contribution in [0.25, 0.3) is 0 Å². The second-order valence-corrected chi connectivity index (χ2v) is 0.651. The van der Waals surface area contributed by atoms with Gasteiger partial charge in [-0.25, -0.2) is 4.21 Å². The quantitative estimate of drug-likeness (QED) is 0.262. The topological polar surface area (TPSA) is 80.6 Å². The molecular weight excluding hydrogens is 131 g/mol. The third-order valence-electron chi connectivity index (χ3n) is 0. The Morgan fingerprint density at radius 1 is 1.57 bits per heavy atom. The summed E-state index contributed by atoms with van der Waals surface area (Å²) in [4.78, 5) is 0. The molecule has 0 bridgehead atoms. The van der Waals surface area contributed by atoms with Gasteiger partial charge in [-0.05, 0) is 0 Å². The molecule has 0 saturated heterocycles. The van der Waals surface area contributed by atoms with Gasteiger partial charge in [0.15, 0.2) is 0 Å². The molecule has 6 heteroatoms. The molecule has 2 N–H and O–H groups in total. The van der Waals surface area contributed by atoms with E-state index in [1.807, 2.05) is 0 Å². The SMILES string of the molecule is CO.O=S([O-])O.[Na+]. The van der Waals surface area contributed by atoms with Gasteiger partial charge in [0.1, 0.15) is 0 Å². The van der Waals surface area contributed by atoms with E-state index in [4.69, 9.17) is 18.4 Å². The van der Waals surface area contributed by atoms with E-state index in [-0.39, 0.29) is 29.6 Å². The van der Waals surface area contributed by atoms with E-state index < -0.39 is 11.4 Å². The molecule has 0 spiro atoms. The van der Waals surface area contributed by atoms with Crippen LogP contribution >= 0.6 is 0 Å². The summed E-state index contributed by atoms with van der Waals surface area (Å²) >= 11 is -2.86. The summed E-state index contributed by atoms with van der Waals surface area (Å²) in [5.41, 5.74) is 0. The van der Waals surface area contributed by atoms with Gasteiger partial charge in [0.2, 0.25) is 0 Å². The van der Waals surface area contributed by atoms with Crippen molar-refractivity contribution in [1.29, 1.82) is 0 Å². The fourth-order valence-corrected chi connectivity index (χ4v) is 0. The molecule has 0 saturated carbocycles. The first-order valence-corrected chi connectivity index (χ1v) is 1.99. The minimum absolute atomic E-state index is 0. The normalized spacial score (nSPS) is 9.71. The average molecular weight is 136 g/mol. The molecule has 4 nitrogen and oxygen atoms in total. The minimum atomic E-state index is -2.86. The zero-order valence-corrected chi connectivity index (χ0v) is 6.94. The third kappa shape index (κ3) is 168. The number of hydrogen-bond donors (Lipinski definition) is 2. The number of aliphatic hydroxyl groups is 1. The molecule has 0 aliphatic carbocycles. The van der Waals surface area contributed by atoms with Gasteiger partial charge in [0, 0.05) is 7.11 Å². The molecule has 1 unspecified atom stereocenters. The zero-order valence-electron chi connectivity index (χ0n) is 4.12. The van der Waals surface area contributed by atoms with Crippen LogP contribution < -0.4 is 29.6 Å². The van der Waals surface area contributed by atoms with Crippen molar-refractivity contribution < 1.29 is 48.0 Å². The van der Waals surface area contributed by atoms with Crippen molar-refractivity contribution in [2.45, 2.75) is 0 Å². The van der Waals surface area contributed by atoms with Gasteiger partial charge >= 0.3 is 29.6 Å². The van der Waals surface area contributed by atoms with E-state index in [0.29, 0.717) is 0 Å². The first-order valence-electron chi connectivity index (χ1n) is 0.963. The summed E-state index contributed by atoms with van der Waals surface area (Å²) in [6.45, 7) is 0. The maximum atomic E-state index is 8.56. The first-order chi connectivity index (χ1) is 2.73. The smallest absolute Gasteiger partial charge is 0.750 e. The molecule has 0 amide bonds. The largest absolute Gasteiger partial charge is 1.00 e. The summed E-state index contributed by atoms with van der Waals surface area (Å²) in [6.07, 6.45) is 0. The third-order valence-corrected chi connectivity index (χ3v) is 0. The van der Waals surface area contributed by atoms with Gasteiger partial charge in [-0.15, -0.1) is 0 Å². The molecule has 40 valence electrons.